The average Bonchev–Trinajstić information content (AvgIpc) is 2.70. The fourth-order valence-corrected chi connectivity index (χ4v) is 4.80. The van der Waals surface area contributed by atoms with Crippen molar-refractivity contribution in [2.45, 2.75) is 44.6 Å². The van der Waals surface area contributed by atoms with E-state index < -0.39 is 0 Å². The molecule has 0 saturated carbocycles. The summed E-state index contributed by atoms with van der Waals surface area (Å²) in [6.07, 6.45) is 2.12. The first kappa shape index (κ1) is 23.1. The number of carbonyl (C=O) groups excluding carboxylic acids is 1. The van der Waals surface area contributed by atoms with Crippen LogP contribution in [0.25, 0.3) is 0 Å². The van der Waals surface area contributed by atoms with Gasteiger partial charge in [-0.2, -0.15) is 0 Å². The van der Waals surface area contributed by atoms with Crippen LogP contribution in [0.3, 0.4) is 0 Å². The van der Waals surface area contributed by atoms with Crippen molar-refractivity contribution in [3.05, 3.63) is 69.0 Å². The van der Waals surface area contributed by atoms with Crippen LogP contribution < -0.4 is 0 Å². The molecule has 0 aromatic heterocycles. The standard InChI is InChI=1S/C24H29Cl2FN2O/c1-16-11-19(5-6-22(16)27)24(7-9-28(3)10-8-24)15-23(30)29(4)17(2)18-12-20(25)14-21(26)13-18/h5-6,11-14,17H,7-10,15H2,1-4H3. The maximum atomic E-state index is 13.9. The van der Waals surface area contributed by atoms with Crippen LogP contribution >= 0.6 is 23.2 Å². The molecule has 3 nitrogen and oxygen atoms in total. The number of amides is 1. The zero-order valence-electron chi connectivity index (χ0n) is 18.0. The molecule has 1 amide bonds. The topological polar surface area (TPSA) is 23.6 Å². The summed E-state index contributed by atoms with van der Waals surface area (Å²) in [5.41, 5.74) is 2.28. The number of benzene rings is 2. The molecule has 1 heterocycles. The summed E-state index contributed by atoms with van der Waals surface area (Å²) in [5.74, 6) is -0.151. The SMILES string of the molecule is Cc1cc(C2(CC(=O)N(C)C(C)c3cc(Cl)cc(Cl)c3)CCN(C)CC2)ccc1F. The first-order valence-corrected chi connectivity index (χ1v) is 11.0. The van der Waals surface area contributed by atoms with Gasteiger partial charge in [-0.15, -0.1) is 0 Å². The van der Waals surface area contributed by atoms with E-state index in [-0.39, 0.29) is 23.2 Å². The van der Waals surface area contributed by atoms with Crippen LogP contribution in [0.5, 0.6) is 0 Å². The summed E-state index contributed by atoms with van der Waals surface area (Å²) in [4.78, 5) is 17.4. The highest BCUT2D eigenvalue weighted by atomic mass is 35.5. The lowest BCUT2D eigenvalue weighted by Gasteiger charge is -2.42. The summed E-state index contributed by atoms with van der Waals surface area (Å²) in [5, 5.41) is 1.11. The normalized spacial score (nSPS) is 17.6. The summed E-state index contributed by atoms with van der Waals surface area (Å²) < 4.78 is 13.9. The second kappa shape index (κ2) is 9.25. The Morgan fingerprint density at radius 3 is 2.33 bits per heavy atom. The molecule has 0 spiro atoms. The Hall–Kier alpha value is -1.62. The highest BCUT2D eigenvalue weighted by molar-refractivity contribution is 6.34. The Labute approximate surface area is 188 Å². The predicted octanol–water partition coefficient (Wildman–Crippen LogP) is 6.01. The Balaban J connectivity index is 1.86. The number of rotatable bonds is 5. The van der Waals surface area contributed by atoms with Crippen LogP contribution in [-0.4, -0.2) is 42.9 Å². The van der Waals surface area contributed by atoms with Gasteiger partial charge in [0.2, 0.25) is 5.91 Å². The summed E-state index contributed by atoms with van der Waals surface area (Å²) in [6.45, 7) is 5.57. The third-order valence-electron chi connectivity index (χ3n) is 6.55. The molecule has 0 bridgehead atoms. The highest BCUT2D eigenvalue weighted by Gasteiger charge is 2.39. The Kier molecular flexibility index (Phi) is 7.11. The van der Waals surface area contributed by atoms with Crippen LogP contribution in [0.2, 0.25) is 10.0 Å². The average molecular weight is 451 g/mol. The second-order valence-electron chi connectivity index (χ2n) is 8.61. The Morgan fingerprint density at radius 1 is 1.17 bits per heavy atom. The molecule has 1 fully saturated rings. The molecule has 1 saturated heterocycles. The second-order valence-corrected chi connectivity index (χ2v) is 9.48. The van der Waals surface area contributed by atoms with E-state index in [0.717, 1.165) is 37.1 Å². The minimum atomic E-state index is -0.290. The van der Waals surface area contributed by atoms with Crippen molar-refractivity contribution < 1.29 is 9.18 Å². The van der Waals surface area contributed by atoms with Gasteiger partial charge in [0.15, 0.2) is 0 Å². The van der Waals surface area contributed by atoms with E-state index in [1.54, 1.807) is 17.9 Å². The lowest BCUT2D eigenvalue weighted by molar-refractivity contribution is -0.133. The van der Waals surface area contributed by atoms with Crippen molar-refractivity contribution in [1.82, 2.24) is 9.80 Å². The number of nitrogens with zero attached hydrogens (tertiary/aromatic N) is 2. The Bertz CT molecular complexity index is 905. The first-order valence-electron chi connectivity index (χ1n) is 10.3. The van der Waals surface area contributed by atoms with Gasteiger partial charge in [-0.05, 0) is 87.8 Å². The van der Waals surface area contributed by atoms with Crippen LogP contribution in [0.4, 0.5) is 4.39 Å². The van der Waals surface area contributed by atoms with Crippen molar-refractivity contribution >= 4 is 29.1 Å². The van der Waals surface area contributed by atoms with Crippen LogP contribution in [-0.2, 0) is 10.2 Å². The van der Waals surface area contributed by atoms with Gasteiger partial charge in [-0.25, -0.2) is 4.39 Å². The monoisotopic (exact) mass is 450 g/mol. The Morgan fingerprint density at radius 2 is 1.77 bits per heavy atom. The highest BCUT2D eigenvalue weighted by Crippen LogP contribution is 2.40. The molecule has 30 heavy (non-hydrogen) atoms. The largest absolute Gasteiger partial charge is 0.339 e. The summed E-state index contributed by atoms with van der Waals surface area (Å²) in [7, 11) is 3.92. The summed E-state index contributed by atoms with van der Waals surface area (Å²) >= 11 is 12.3. The van der Waals surface area contributed by atoms with Crippen LogP contribution in [0, 0.1) is 12.7 Å². The van der Waals surface area contributed by atoms with Crippen LogP contribution in [0.1, 0.15) is 48.9 Å². The molecule has 162 valence electrons. The van der Waals surface area contributed by atoms with E-state index in [1.165, 1.54) is 6.07 Å². The number of hydrogen-bond acceptors (Lipinski definition) is 2. The van der Waals surface area contributed by atoms with Gasteiger partial charge in [0.05, 0.1) is 6.04 Å². The zero-order valence-corrected chi connectivity index (χ0v) is 19.5. The molecular formula is C24H29Cl2FN2O. The van der Waals surface area contributed by atoms with E-state index in [0.29, 0.717) is 22.0 Å². The summed E-state index contributed by atoms with van der Waals surface area (Å²) in [6, 6.07) is 10.5. The fourth-order valence-electron chi connectivity index (χ4n) is 4.26. The molecular weight excluding hydrogens is 422 g/mol. The quantitative estimate of drug-likeness (QED) is 0.556. The maximum Gasteiger partial charge on any atom is 0.223 e. The number of likely N-dealkylation sites (tertiary alicyclic amines) is 1. The fraction of sp³-hybridized carbons (Fsp3) is 0.458. The molecule has 3 rings (SSSR count). The van der Waals surface area contributed by atoms with E-state index >= 15 is 0 Å². The van der Waals surface area contributed by atoms with E-state index in [4.69, 9.17) is 23.2 Å². The van der Waals surface area contributed by atoms with Crippen molar-refractivity contribution in [2.75, 3.05) is 27.2 Å². The number of aryl methyl sites for hydroxylation is 1. The van der Waals surface area contributed by atoms with E-state index in [9.17, 15) is 9.18 Å². The van der Waals surface area contributed by atoms with Gasteiger partial charge >= 0.3 is 0 Å². The van der Waals surface area contributed by atoms with Gasteiger partial charge < -0.3 is 9.80 Å². The van der Waals surface area contributed by atoms with E-state index in [2.05, 4.69) is 11.9 Å². The van der Waals surface area contributed by atoms with E-state index in [1.807, 2.05) is 38.2 Å². The predicted molar refractivity (Wildman–Crippen MR) is 122 cm³/mol. The first-order chi connectivity index (χ1) is 14.1. The molecule has 2 aromatic carbocycles. The number of piperidine rings is 1. The van der Waals surface area contributed by atoms with Crippen molar-refractivity contribution in [2.24, 2.45) is 0 Å². The molecule has 0 aliphatic carbocycles. The smallest absolute Gasteiger partial charge is 0.223 e. The lowest BCUT2D eigenvalue weighted by Crippen LogP contribution is -2.44. The van der Waals surface area contributed by atoms with Crippen LogP contribution in [0.15, 0.2) is 36.4 Å². The maximum absolute atomic E-state index is 13.9. The van der Waals surface area contributed by atoms with Gasteiger partial charge in [-0.1, -0.05) is 35.3 Å². The van der Waals surface area contributed by atoms with Crippen molar-refractivity contribution in [3.8, 4) is 0 Å². The molecule has 0 N–H and O–H groups in total. The number of halogens is 3. The van der Waals surface area contributed by atoms with Gasteiger partial charge in [-0.3, -0.25) is 4.79 Å². The molecule has 1 unspecified atom stereocenters. The minimum Gasteiger partial charge on any atom is -0.339 e. The van der Waals surface area contributed by atoms with Crippen molar-refractivity contribution in [1.29, 1.82) is 0 Å². The van der Waals surface area contributed by atoms with Crippen molar-refractivity contribution in [3.63, 3.8) is 0 Å². The third-order valence-corrected chi connectivity index (χ3v) is 6.98. The number of hydrogen-bond donors (Lipinski definition) is 0. The minimum absolute atomic E-state index is 0.0603. The lowest BCUT2D eigenvalue weighted by atomic mass is 9.70. The molecule has 2 aromatic rings. The molecule has 0 radical (unpaired) electrons. The van der Waals surface area contributed by atoms with Gasteiger partial charge in [0.25, 0.3) is 0 Å². The molecule has 1 aliphatic heterocycles. The molecule has 1 atom stereocenters. The molecule has 6 heteroatoms. The van der Waals surface area contributed by atoms with Gasteiger partial charge in [0, 0.05) is 28.9 Å². The zero-order chi connectivity index (χ0) is 22.1. The molecule has 1 aliphatic rings. The van der Waals surface area contributed by atoms with Gasteiger partial charge in [0.1, 0.15) is 5.82 Å². The number of carbonyl (C=O) groups is 1. The third kappa shape index (κ3) is 4.99.